The summed E-state index contributed by atoms with van der Waals surface area (Å²) in [5.74, 6) is 1.71. The van der Waals surface area contributed by atoms with E-state index in [2.05, 4.69) is 29.2 Å². The van der Waals surface area contributed by atoms with Gasteiger partial charge in [0, 0.05) is 32.2 Å². The molecular weight excluding hydrogens is 464 g/mol. The van der Waals surface area contributed by atoms with Crippen molar-refractivity contribution >= 4 is 10.0 Å². The van der Waals surface area contributed by atoms with Gasteiger partial charge in [0.15, 0.2) is 0 Å². The number of rotatable bonds is 8. The fraction of sp³-hybridized carbons (Fsp3) is 0.593. The monoisotopic (exact) mass is 500 g/mol. The second-order valence-electron chi connectivity index (χ2n) is 10.4. The van der Waals surface area contributed by atoms with Crippen LogP contribution in [0.1, 0.15) is 61.8 Å². The molecule has 1 saturated heterocycles. The lowest BCUT2D eigenvalue weighted by molar-refractivity contribution is 0.179. The molecule has 1 aromatic carbocycles. The van der Waals surface area contributed by atoms with Crippen LogP contribution in [0.15, 0.2) is 45.8 Å². The van der Waals surface area contributed by atoms with Crippen molar-refractivity contribution in [2.24, 2.45) is 11.8 Å². The van der Waals surface area contributed by atoms with E-state index in [0.29, 0.717) is 43.7 Å². The Hall–Kier alpha value is -2.16. The van der Waals surface area contributed by atoms with E-state index in [1.54, 1.807) is 4.31 Å². The molecule has 1 saturated carbocycles. The van der Waals surface area contributed by atoms with Crippen LogP contribution >= 0.6 is 0 Å². The summed E-state index contributed by atoms with van der Waals surface area (Å²) in [7, 11) is -3.19. The predicted molar refractivity (Wildman–Crippen MR) is 135 cm³/mol. The third kappa shape index (κ3) is 6.16. The molecule has 0 spiro atoms. The highest BCUT2D eigenvalue weighted by Crippen LogP contribution is 2.28. The van der Waals surface area contributed by atoms with Crippen molar-refractivity contribution in [1.82, 2.24) is 9.21 Å². The number of nitrogens with zero attached hydrogens (tertiary/aromatic N) is 2. The van der Waals surface area contributed by atoms with E-state index in [9.17, 15) is 13.2 Å². The molecule has 5 rings (SSSR count). The Morgan fingerprint density at radius 2 is 1.63 bits per heavy atom. The topological polar surface area (TPSA) is 80.1 Å². The van der Waals surface area contributed by atoms with Gasteiger partial charge < -0.3 is 9.15 Å². The minimum absolute atomic E-state index is 0.171. The largest absolute Gasteiger partial charge is 0.486 e. The number of piperidine rings is 1. The average Bonchev–Trinajstić information content (AvgIpc) is 3.26. The summed E-state index contributed by atoms with van der Waals surface area (Å²) in [5, 5.41) is 0. The number of benzene rings is 1. The molecule has 190 valence electrons. The molecule has 0 unspecified atom stereocenters. The van der Waals surface area contributed by atoms with Gasteiger partial charge in [-0.25, -0.2) is 12.7 Å². The molecule has 2 aliphatic heterocycles. The summed E-state index contributed by atoms with van der Waals surface area (Å²) in [6.07, 6.45) is 8.54. The molecule has 3 heterocycles. The molecule has 8 heteroatoms. The van der Waals surface area contributed by atoms with Crippen molar-refractivity contribution in [3.8, 4) is 5.75 Å². The van der Waals surface area contributed by atoms with E-state index < -0.39 is 10.0 Å². The van der Waals surface area contributed by atoms with E-state index in [-0.39, 0.29) is 17.1 Å². The maximum absolute atomic E-state index is 12.8. The Balaban J connectivity index is 1.08. The Morgan fingerprint density at radius 3 is 2.29 bits per heavy atom. The highest BCUT2D eigenvalue weighted by Gasteiger charge is 2.31. The molecule has 2 fully saturated rings. The van der Waals surface area contributed by atoms with Crippen molar-refractivity contribution in [1.29, 1.82) is 0 Å². The van der Waals surface area contributed by atoms with Crippen LogP contribution in [0, 0.1) is 11.8 Å². The first-order valence-corrected chi connectivity index (χ1v) is 14.6. The van der Waals surface area contributed by atoms with Crippen LogP contribution in [-0.2, 0) is 29.7 Å². The third-order valence-electron chi connectivity index (χ3n) is 7.75. The number of hydrogen-bond acceptors (Lipinski definition) is 6. The highest BCUT2D eigenvalue weighted by atomic mass is 32.2. The standard InChI is InChI=1S/C27H36N2O5S/c30-26-14-25(17-28-15-23-8-4-5-9-24(23)16-28)33-19-27(26)34-18-21-10-12-29(13-11-21)35(31,32)20-22-6-2-1-3-7-22/h4-5,8-9,14,19,21-22H,1-3,6-7,10-13,15-18,20H2. The molecule has 1 aromatic heterocycles. The van der Waals surface area contributed by atoms with Gasteiger partial charge >= 0.3 is 0 Å². The van der Waals surface area contributed by atoms with E-state index in [4.69, 9.17) is 9.15 Å². The molecular formula is C27H36N2O5S. The zero-order chi connectivity index (χ0) is 24.3. The Labute approximate surface area is 208 Å². The van der Waals surface area contributed by atoms with Gasteiger partial charge in [0.05, 0.1) is 18.9 Å². The number of fused-ring (bicyclic) bond motifs is 1. The van der Waals surface area contributed by atoms with Gasteiger partial charge in [-0.3, -0.25) is 9.69 Å². The maximum Gasteiger partial charge on any atom is 0.227 e. The third-order valence-corrected chi connectivity index (χ3v) is 9.80. The first-order valence-electron chi connectivity index (χ1n) is 13.0. The second kappa shape index (κ2) is 10.8. The molecule has 0 bridgehead atoms. The number of sulfonamides is 1. The predicted octanol–water partition coefficient (Wildman–Crippen LogP) is 4.16. The Kier molecular flexibility index (Phi) is 7.60. The van der Waals surface area contributed by atoms with Crippen molar-refractivity contribution in [2.75, 3.05) is 25.4 Å². The number of hydrogen-bond donors (Lipinski definition) is 0. The summed E-state index contributed by atoms with van der Waals surface area (Å²) in [4.78, 5) is 14.8. The van der Waals surface area contributed by atoms with Crippen LogP contribution in [0.25, 0.3) is 0 Å². The van der Waals surface area contributed by atoms with Gasteiger partial charge in [-0.1, -0.05) is 43.5 Å². The number of ether oxygens (including phenoxy) is 1. The summed E-state index contributed by atoms with van der Waals surface area (Å²) in [5.41, 5.74) is 2.47. The van der Waals surface area contributed by atoms with Crippen molar-refractivity contribution in [2.45, 2.75) is 64.6 Å². The van der Waals surface area contributed by atoms with E-state index in [0.717, 1.165) is 51.6 Å². The van der Waals surface area contributed by atoms with E-state index in [1.165, 1.54) is 29.9 Å². The summed E-state index contributed by atoms with van der Waals surface area (Å²) in [6.45, 7) is 3.77. The second-order valence-corrected chi connectivity index (χ2v) is 12.4. The van der Waals surface area contributed by atoms with Crippen LogP contribution in [0.2, 0.25) is 0 Å². The first-order chi connectivity index (χ1) is 17.0. The minimum atomic E-state index is -3.19. The maximum atomic E-state index is 12.8. The van der Waals surface area contributed by atoms with Gasteiger partial charge in [-0.15, -0.1) is 0 Å². The zero-order valence-electron chi connectivity index (χ0n) is 20.4. The average molecular weight is 501 g/mol. The molecule has 0 N–H and O–H groups in total. The van der Waals surface area contributed by atoms with Crippen LogP contribution in [0.5, 0.6) is 5.75 Å². The summed E-state index contributed by atoms with van der Waals surface area (Å²) >= 11 is 0. The molecule has 0 atom stereocenters. The van der Waals surface area contributed by atoms with Crippen molar-refractivity contribution < 1.29 is 17.6 Å². The lowest BCUT2D eigenvalue weighted by atomic mass is 9.91. The first kappa shape index (κ1) is 24.5. The lowest BCUT2D eigenvalue weighted by Gasteiger charge is -2.32. The Morgan fingerprint density at radius 1 is 0.943 bits per heavy atom. The van der Waals surface area contributed by atoms with E-state index >= 15 is 0 Å². The smallest absolute Gasteiger partial charge is 0.227 e. The quantitative estimate of drug-likeness (QED) is 0.542. The van der Waals surface area contributed by atoms with Gasteiger partial charge in [0.1, 0.15) is 12.0 Å². The van der Waals surface area contributed by atoms with Crippen LogP contribution in [-0.4, -0.2) is 43.1 Å². The van der Waals surface area contributed by atoms with Gasteiger partial charge in [0.2, 0.25) is 21.2 Å². The highest BCUT2D eigenvalue weighted by molar-refractivity contribution is 7.89. The molecule has 0 radical (unpaired) electrons. The molecule has 2 aromatic rings. The Bertz CT molecular complexity index is 1140. The summed E-state index contributed by atoms with van der Waals surface area (Å²) < 4.78 is 38.9. The fourth-order valence-corrected chi connectivity index (χ4v) is 7.59. The molecule has 3 aliphatic rings. The van der Waals surface area contributed by atoms with Gasteiger partial charge in [-0.05, 0) is 48.6 Å². The fourth-order valence-electron chi connectivity index (χ4n) is 5.68. The molecule has 1 aliphatic carbocycles. The van der Waals surface area contributed by atoms with Crippen LogP contribution < -0.4 is 10.2 Å². The van der Waals surface area contributed by atoms with E-state index in [1.807, 2.05) is 0 Å². The molecule has 7 nitrogen and oxygen atoms in total. The molecule has 0 amide bonds. The lowest BCUT2D eigenvalue weighted by Crippen LogP contribution is -2.42. The van der Waals surface area contributed by atoms with Crippen molar-refractivity contribution in [3.05, 3.63) is 63.7 Å². The van der Waals surface area contributed by atoms with Crippen molar-refractivity contribution in [3.63, 3.8) is 0 Å². The van der Waals surface area contributed by atoms with Crippen LogP contribution in [0.4, 0.5) is 0 Å². The van der Waals surface area contributed by atoms with Gasteiger partial charge in [-0.2, -0.15) is 0 Å². The van der Waals surface area contributed by atoms with Gasteiger partial charge in [0.25, 0.3) is 0 Å². The normalized spacial score (nSPS) is 20.7. The van der Waals surface area contributed by atoms with Crippen LogP contribution in [0.3, 0.4) is 0 Å². The molecule has 35 heavy (non-hydrogen) atoms. The zero-order valence-corrected chi connectivity index (χ0v) is 21.2. The SMILES string of the molecule is O=c1cc(CN2Cc3ccccc3C2)occ1OCC1CCN(S(=O)(=O)CC2CCCCC2)CC1. The minimum Gasteiger partial charge on any atom is -0.486 e. The summed E-state index contributed by atoms with van der Waals surface area (Å²) in [6, 6.07) is 9.90.